The van der Waals surface area contributed by atoms with Crippen LogP contribution in [0.25, 0.3) is 0 Å². The summed E-state index contributed by atoms with van der Waals surface area (Å²) in [4.78, 5) is 35.3. The van der Waals surface area contributed by atoms with E-state index >= 15 is 0 Å². The van der Waals surface area contributed by atoms with Crippen LogP contribution in [0.1, 0.15) is 73.4 Å². The van der Waals surface area contributed by atoms with Gasteiger partial charge in [0.1, 0.15) is 17.1 Å². The van der Waals surface area contributed by atoms with E-state index in [2.05, 4.69) is 5.32 Å². The number of ether oxygens (including phenoxy) is 5. The van der Waals surface area contributed by atoms with E-state index < -0.39 is 23.9 Å². The third-order valence-corrected chi connectivity index (χ3v) is 5.69. The first-order valence-corrected chi connectivity index (χ1v) is 14.7. The molecule has 0 saturated heterocycles. The third kappa shape index (κ3) is 15.8. The maximum Gasteiger partial charge on any atom is 0.407 e. The summed E-state index contributed by atoms with van der Waals surface area (Å²) in [5, 5.41) is 2.69. The van der Waals surface area contributed by atoms with Gasteiger partial charge in [-0.05, 0) is 70.0 Å². The van der Waals surface area contributed by atoms with E-state index in [1.807, 2.05) is 84.9 Å². The van der Waals surface area contributed by atoms with E-state index in [9.17, 15) is 14.4 Å². The maximum atomic E-state index is 11.9. The number of hydrogen-bond donors (Lipinski definition) is 2. The summed E-state index contributed by atoms with van der Waals surface area (Å²) in [5.74, 6) is 0.584. The number of carbonyl (C=O) groups excluding carboxylic acids is 3. The van der Waals surface area contributed by atoms with Gasteiger partial charge in [0.2, 0.25) is 0 Å². The zero-order valence-corrected chi connectivity index (χ0v) is 28.3. The van der Waals surface area contributed by atoms with Gasteiger partial charge in [-0.2, -0.15) is 0 Å². The van der Waals surface area contributed by atoms with Crippen LogP contribution in [0, 0.1) is 11.8 Å². The molecule has 1 amide bonds. The molecule has 248 valence electrons. The molecule has 2 aromatic carbocycles. The second kappa shape index (κ2) is 20.5. The lowest BCUT2D eigenvalue weighted by molar-refractivity contribution is -0.154. The Hall–Kier alpha value is -3.50. The van der Waals surface area contributed by atoms with Gasteiger partial charge in [-0.1, -0.05) is 52.0 Å². The number of esters is 2. The molecule has 0 aromatic heterocycles. The fourth-order valence-electron chi connectivity index (χ4n) is 3.53. The predicted octanol–water partition coefficient (Wildman–Crippen LogP) is 6.21. The molecule has 0 aliphatic rings. The van der Waals surface area contributed by atoms with Crippen LogP contribution in [0.2, 0.25) is 0 Å². The van der Waals surface area contributed by atoms with Crippen LogP contribution in [-0.2, 0) is 36.9 Å². The Morgan fingerprint density at radius 2 is 1.11 bits per heavy atom. The lowest BCUT2D eigenvalue weighted by atomic mass is 10.1. The monoisotopic (exact) mass is 638 g/mol. The van der Waals surface area contributed by atoms with Crippen LogP contribution in [0.15, 0.2) is 48.5 Å². The van der Waals surface area contributed by atoms with Gasteiger partial charge in [0.15, 0.2) is 12.2 Å². The van der Waals surface area contributed by atoms with Crippen LogP contribution in [0.3, 0.4) is 0 Å². The number of carbonyl (C=O) groups is 3. The van der Waals surface area contributed by atoms with Crippen molar-refractivity contribution in [2.24, 2.45) is 17.6 Å². The summed E-state index contributed by atoms with van der Waals surface area (Å²) >= 11 is 0. The zero-order valence-electron chi connectivity index (χ0n) is 27.5. The number of amides is 1. The molecular formula is C33H51ClN2O8. The van der Waals surface area contributed by atoms with Gasteiger partial charge >= 0.3 is 18.0 Å². The molecule has 0 heterocycles. The Labute approximate surface area is 268 Å². The van der Waals surface area contributed by atoms with Crippen molar-refractivity contribution in [1.82, 2.24) is 5.32 Å². The van der Waals surface area contributed by atoms with Gasteiger partial charge in [-0.3, -0.25) is 0 Å². The van der Waals surface area contributed by atoms with Crippen LogP contribution >= 0.6 is 12.4 Å². The van der Waals surface area contributed by atoms with Crippen molar-refractivity contribution in [1.29, 1.82) is 0 Å². The van der Waals surface area contributed by atoms with Gasteiger partial charge in [0, 0.05) is 24.9 Å². The van der Waals surface area contributed by atoms with E-state index in [-0.39, 0.29) is 36.2 Å². The summed E-state index contributed by atoms with van der Waals surface area (Å²) in [6, 6.07) is 14.6. The lowest BCUT2D eigenvalue weighted by Gasteiger charge is -2.21. The molecule has 0 spiro atoms. The maximum absolute atomic E-state index is 11.9. The molecular weight excluding hydrogens is 588 g/mol. The van der Waals surface area contributed by atoms with Crippen molar-refractivity contribution in [3.05, 3.63) is 59.7 Å². The summed E-state index contributed by atoms with van der Waals surface area (Å²) < 4.78 is 26.6. The van der Waals surface area contributed by atoms with Crippen molar-refractivity contribution in [2.75, 3.05) is 13.2 Å². The molecule has 2 aromatic rings. The van der Waals surface area contributed by atoms with Crippen LogP contribution < -0.4 is 20.5 Å². The highest BCUT2D eigenvalue weighted by molar-refractivity contribution is 5.85. The van der Waals surface area contributed by atoms with E-state index in [0.29, 0.717) is 37.8 Å². The fraction of sp³-hybridized carbons (Fsp3) is 0.545. The average Bonchev–Trinajstić information content (AvgIpc) is 2.93. The van der Waals surface area contributed by atoms with Gasteiger partial charge in [-0.15, -0.1) is 12.4 Å². The van der Waals surface area contributed by atoms with Crippen molar-refractivity contribution in [3.8, 4) is 11.5 Å². The quantitative estimate of drug-likeness (QED) is 0.194. The highest BCUT2D eigenvalue weighted by atomic mass is 35.5. The highest BCUT2D eigenvalue weighted by Gasteiger charge is 2.26. The molecule has 2 rings (SSSR count). The minimum Gasteiger partial charge on any atom is -0.478 e. The number of rotatable bonds is 13. The molecule has 11 heteroatoms. The Balaban J connectivity index is 0.000000863. The van der Waals surface area contributed by atoms with Crippen LogP contribution in [-0.4, -0.2) is 49.1 Å². The van der Waals surface area contributed by atoms with Crippen molar-refractivity contribution in [2.45, 2.75) is 93.2 Å². The number of nitrogens with two attached hydrogens (primary N) is 1. The summed E-state index contributed by atoms with van der Waals surface area (Å²) in [5.41, 5.74) is 6.92. The van der Waals surface area contributed by atoms with E-state index in [0.717, 1.165) is 11.1 Å². The molecule has 0 radical (unpaired) electrons. The second-order valence-corrected chi connectivity index (χ2v) is 11.4. The van der Waals surface area contributed by atoms with Gasteiger partial charge in [0.25, 0.3) is 0 Å². The second-order valence-electron chi connectivity index (χ2n) is 11.4. The summed E-state index contributed by atoms with van der Waals surface area (Å²) in [7, 11) is 0. The number of benzene rings is 2. The SMILES string of the molecule is CCOC(=O)[C@H](Oc1ccc(CN)cc1)C(C)C.CCOC(=O)[C@H](Oc1ccc(CNC(=O)OC(C)(C)C)cc1)C(C)C.Cl. The van der Waals surface area contributed by atoms with Gasteiger partial charge < -0.3 is 34.7 Å². The molecule has 2 atom stereocenters. The summed E-state index contributed by atoms with van der Waals surface area (Å²) in [6.07, 6.45) is -1.69. The first-order valence-electron chi connectivity index (χ1n) is 14.7. The fourth-order valence-corrected chi connectivity index (χ4v) is 3.53. The average molecular weight is 639 g/mol. The molecule has 0 unspecified atom stereocenters. The largest absolute Gasteiger partial charge is 0.478 e. The number of hydrogen-bond acceptors (Lipinski definition) is 9. The molecule has 0 aliphatic heterocycles. The van der Waals surface area contributed by atoms with E-state index in [1.165, 1.54) is 0 Å². The smallest absolute Gasteiger partial charge is 0.407 e. The minimum atomic E-state index is -0.648. The normalized spacial score (nSPS) is 12.1. The first kappa shape index (κ1) is 40.5. The standard InChI is InChI=1S/C19H29NO5.C14H21NO3.ClH/c1-7-23-17(21)16(13(2)3)24-15-10-8-14(9-11-15)12-20-18(22)25-19(4,5)6;1-4-17-14(16)13(10(2)3)18-12-7-5-11(9-15)6-8-12;/h8-11,13,16H,7,12H2,1-6H3,(H,20,22);5-8,10,13H,4,9,15H2,1-3H3;1H/t16-;13-;/m11./s1. The van der Waals surface area contributed by atoms with Crippen molar-refractivity contribution in [3.63, 3.8) is 0 Å². The van der Waals surface area contributed by atoms with E-state index in [1.54, 1.807) is 26.0 Å². The molecule has 0 fully saturated rings. The van der Waals surface area contributed by atoms with Crippen molar-refractivity contribution < 1.29 is 38.1 Å². The Morgan fingerprint density at radius 3 is 1.43 bits per heavy atom. The molecule has 3 N–H and O–H groups in total. The topological polar surface area (TPSA) is 135 Å². The highest BCUT2D eigenvalue weighted by Crippen LogP contribution is 2.19. The molecule has 0 saturated carbocycles. The molecule has 44 heavy (non-hydrogen) atoms. The minimum absolute atomic E-state index is 0. The molecule has 0 aliphatic carbocycles. The van der Waals surface area contributed by atoms with Gasteiger partial charge in [0.05, 0.1) is 13.2 Å². The predicted molar refractivity (Wildman–Crippen MR) is 173 cm³/mol. The Morgan fingerprint density at radius 1 is 0.727 bits per heavy atom. The summed E-state index contributed by atoms with van der Waals surface area (Å²) in [6.45, 7) is 18.2. The third-order valence-electron chi connectivity index (χ3n) is 5.69. The Kier molecular flexibility index (Phi) is 18.8. The number of alkyl carbamates (subject to hydrolysis) is 1. The van der Waals surface area contributed by atoms with Crippen molar-refractivity contribution >= 4 is 30.4 Å². The molecule has 0 bridgehead atoms. The molecule has 10 nitrogen and oxygen atoms in total. The lowest BCUT2D eigenvalue weighted by Crippen LogP contribution is -2.34. The van der Waals surface area contributed by atoms with Crippen LogP contribution in [0.4, 0.5) is 4.79 Å². The van der Waals surface area contributed by atoms with Gasteiger partial charge in [-0.25, -0.2) is 14.4 Å². The van der Waals surface area contributed by atoms with E-state index in [4.69, 9.17) is 29.4 Å². The van der Waals surface area contributed by atoms with Crippen LogP contribution in [0.5, 0.6) is 11.5 Å². The first-order chi connectivity index (χ1) is 20.2. The zero-order chi connectivity index (χ0) is 32.6. The number of halogens is 1. The number of nitrogens with one attached hydrogen (secondary N) is 1. The Bertz CT molecular complexity index is 1120.